The van der Waals surface area contributed by atoms with Crippen LogP contribution in [-0.2, 0) is 22.4 Å². The summed E-state index contributed by atoms with van der Waals surface area (Å²) in [6, 6.07) is 8.85. The molecule has 2 saturated heterocycles. The first-order valence-corrected chi connectivity index (χ1v) is 13.3. The lowest BCUT2D eigenvalue weighted by Gasteiger charge is -2.33. The third kappa shape index (κ3) is 6.72. The quantitative estimate of drug-likeness (QED) is 0.483. The highest BCUT2D eigenvalue weighted by molar-refractivity contribution is 5.55. The van der Waals surface area contributed by atoms with Gasteiger partial charge in [0.2, 0.25) is 5.95 Å². The number of aromatic nitrogens is 2. The zero-order chi connectivity index (χ0) is 24.6. The summed E-state index contributed by atoms with van der Waals surface area (Å²) in [5.41, 5.74) is 3.45. The van der Waals surface area contributed by atoms with Gasteiger partial charge in [0.25, 0.3) is 0 Å². The number of hydrogen-bond donors (Lipinski definition) is 1. The molecular formula is C28H40N4O3. The SMILES string of the molecule is CCc1c(CCC=O)nc(N2CCC(Oc3ccc(C(C)C)cc3)CC2)nc1NC1CCOCC1. The minimum absolute atomic E-state index is 0.195. The van der Waals surface area contributed by atoms with Gasteiger partial charge in [0.05, 0.1) is 5.69 Å². The van der Waals surface area contributed by atoms with Crippen LogP contribution in [-0.4, -0.2) is 54.7 Å². The zero-order valence-corrected chi connectivity index (χ0v) is 21.5. The van der Waals surface area contributed by atoms with Gasteiger partial charge >= 0.3 is 0 Å². The average molecular weight is 481 g/mol. The number of anilines is 2. The van der Waals surface area contributed by atoms with Gasteiger partial charge in [-0.1, -0.05) is 32.9 Å². The van der Waals surface area contributed by atoms with Crippen molar-refractivity contribution in [3.05, 3.63) is 41.1 Å². The summed E-state index contributed by atoms with van der Waals surface area (Å²) in [6.07, 6.45) is 6.95. The van der Waals surface area contributed by atoms with Gasteiger partial charge < -0.3 is 24.5 Å². The van der Waals surface area contributed by atoms with E-state index in [0.717, 1.165) is 93.5 Å². The summed E-state index contributed by atoms with van der Waals surface area (Å²) in [6.45, 7) is 9.80. The molecule has 0 amide bonds. The van der Waals surface area contributed by atoms with Crippen molar-refractivity contribution < 1.29 is 14.3 Å². The first kappa shape index (κ1) is 25.4. The fourth-order valence-electron chi connectivity index (χ4n) is 4.88. The summed E-state index contributed by atoms with van der Waals surface area (Å²) in [5.74, 6) is 3.15. The number of rotatable bonds is 10. The Balaban J connectivity index is 1.45. The van der Waals surface area contributed by atoms with Gasteiger partial charge in [0.1, 0.15) is 24.0 Å². The monoisotopic (exact) mass is 480 g/mol. The third-order valence-electron chi connectivity index (χ3n) is 7.07. The molecule has 190 valence electrons. The van der Waals surface area contributed by atoms with Crippen molar-refractivity contribution in [2.45, 2.75) is 83.8 Å². The molecule has 2 aliphatic rings. The van der Waals surface area contributed by atoms with Crippen LogP contribution in [0.4, 0.5) is 11.8 Å². The van der Waals surface area contributed by atoms with Gasteiger partial charge in [-0.2, -0.15) is 4.98 Å². The lowest BCUT2D eigenvalue weighted by Crippen LogP contribution is -2.39. The molecule has 1 N–H and O–H groups in total. The van der Waals surface area contributed by atoms with Crippen molar-refractivity contribution in [3.8, 4) is 5.75 Å². The molecule has 0 bridgehead atoms. The Kier molecular flexibility index (Phi) is 8.96. The summed E-state index contributed by atoms with van der Waals surface area (Å²) < 4.78 is 11.8. The van der Waals surface area contributed by atoms with E-state index in [1.165, 1.54) is 5.56 Å². The fraction of sp³-hybridized carbons (Fsp3) is 0.607. The highest BCUT2D eigenvalue weighted by atomic mass is 16.5. The first-order chi connectivity index (χ1) is 17.1. The van der Waals surface area contributed by atoms with Gasteiger partial charge in [-0.05, 0) is 49.3 Å². The highest BCUT2D eigenvalue weighted by Gasteiger charge is 2.25. The molecule has 2 fully saturated rings. The van der Waals surface area contributed by atoms with Crippen molar-refractivity contribution in [3.63, 3.8) is 0 Å². The summed E-state index contributed by atoms with van der Waals surface area (Å²) in [5, 5.41) is 3.68. The number of aldehydes is 1. The second-order valence-electron chi connectivity index (χ2n) is 9.92. The van der Waals surface area contributed by atoms with Crippen LogP contribution in [0.5, 0.6) is 5.75 Å². The van der Waals surface area contributed by atoms with Crippen molar-refractivity contribution in [1.82, 2.24) is 9.97 Å². The predicted octanol–water partition coefficient (Wildman–Crippen LogP) is 4.93. The Bertz CT molecular complexity index is 949. The number of piperidine rings is 1. The normalized spacial score (nSPS) is 17.5. The Hall–Kier alpha value is -2.67. The van der Waals surface area contributed by atoms with E-state index in [2.05, 4.69) is 55.3 Å². The Morgan fingerprint density at radius 1 is 1.11 bits per heavy atom. The smallest absolute Gasteiger partial charge is 0.227 e. The number of hydrogen-bond acceptors (Lipinski definition) is 7. The lowest BCUT2D eigenvalue weighted by molar-refractivity contribution is -0.107. The van der Waals surface area contributed by atoms with E-state index in [-0.39, 0.29) is 6.10 Å². The first-order valence-electron chi connectivity index (χ1n) is 13.3. The molecule has 4 rings (SSSR count). The number of carbonyl (C=O) groups is 1. The van der Waals surface area contributed by atoms with E-state index >= 15 is 0 Å². The standard InChI is InChI=1S/C28H40N4O3/c1-4-25-26(6-5-17-33)30-28(31-27(25)29-22-13-18-34-19-14-22)32-15-11-24(12-16-32)35-23-9-7-21(8-10-23)20(2)3/h7-10,17,20,22,24H,4-6,11-16,18-19H2,1-3H3,(H,29,30,31). The van der Waals surface area contributed by atoms with Crippen LogP contribution in [0, 0.1) is 0 Å². The van der Waals surface area contributed by atoms with Crippen LogP contribution in [0.1, 0.15) is 75.6 Å². The van der Waals surface area contributed by atoms with Gasteiger partial charge in [-0.15, -0.1) is 0 Å². The van der Waals surface area contributed by atoms with Gasteiger partial charge in [-0.25, -0.2) is 4.98 Å². The Morgan fingerprint density at radius 3 is 2.46 bits per heavy atom. The van der Waals surface area contributed by atoms with Crippen molar-refractivity contribution in [1.29, 1.82) is 0 Å². The van der Waals surface area contributed by atoms with Crippen LogP contribution in [0.3, 0.4) is 0 Å². The molecule has 1 aromatic heterocycles. The van der Waals surface area contributed by atoms with Crippen LogP contribution in [0.15, 0.2) is 24.3 Å². The van der Waals surface area contributed by atoms with E-state index in [9.17, 15) is 4.79 Å². The molecule has 2 aliphatic heterocycles. The molecular weight excluding hydrogens is 440 g/mol. The molecule has 0 saturated carbocycles. The molecule has 35 heavy (non-hydrogen) atoms. The molecule has 7 heteroatoms. The van der Waals surface area contributed by atoms with E-state index in [1.807, 2.05) is 0 Å². The van der Waals surface area contributed by atoms with Crippen molar-refractivity contribution in [2.24, 2.45) is 0 Å². The number of benzene rings is 1. The molecule has 0 aliphatic carbocycles. The number of nitrogens with one attached hydrogen (secondary N) is 1. The van der Waals surface area contributed by atoms with Crippen LogP contribution < -0.4 is 15.0 Å². The van der Waals surface area contributed by atoms with E-state index < -0.39 is 0 Å². The Morgan fingerprint density at radius 2 is 1.83 bits per heavy atom. The predicted molar refractivity (Wildman–Crippen MR) is 140 cm³/mol. The van der Waals surface area contributed by atoms with E-state index in [1.54, 1.807) is 0 Å². The zero-order valence-electron chi connectivity index (χ0n) is 21.5. The van der Waals surface area contributed by atoms with Crippen LogP contribution >= 0.6 is 0 Å². The van der Waals surface area contributed by atoms with Gasteiger partial charge in [-0.3, -0.25) is 0 Å². The Labute approximate surface area is 209 Å². The minimum Gasteiger partial charge on any atom is -0.490 e. The number of ether oxygens (including phenoxy) is 2. The topological polar surface area (TPSA) is 76.6 Å². The maximum absolute atomic E-state index is 11.1. The van der Waals surface area contributed by atoms with Crippen molar-refractivity contribution >= 4 is 18.1 Å². The van der Waals surface area contributed by atoms with E-state index in [4.69, 9.17) is 19.4 Å². The molecule has 0 radical (unpaired) electrons. The fourth-order valence-corrected chi connectivity index (χ4v) is 4.88. The summed E-state index contributed by atoms with van der Waals surface area (Å²) >= 11 is 0. The molecule has 0 spiro atoms. The molecule has 0 unspecified atom stereocenters. The minimum atomic E-state index is 0.195. The average Bonchev–Trinajstić information content (AvgIpc) is 2.88. The largest absolute Gasteiger partial charge is 0.490 e. The molecule has 1 aromatic carbocycles. The maximum Gasteiger partial charge on any atom is 0.227 e. The van der Waals surface area contributed by atoms with Crippen LogP contribution in [0.25, 0.3) is 0 Å². The van der Waals surface area contributed by atoms with Gasteiger partial charge in [0.15, 0.2) is 0 Å². The van der Waals surface area contributed by atoms with Crippen LogP contribution in [0.2, 0.25) is 0 Å². The second kappa shape index (κ2) is 12.3. The lowest BCUT2D eigenvalue weighted by atomic mass is 10.0. The highest BCUT2D eigenvalue weighted by Crippen LogP contribution is 2.28. The molecule has 0 atom stereocenters. The van der Waals surface area contributed by atoms with Gasteiger partial charge in [0, 0.05) is 57.2 Å². The molecule has 2 aromatic rings. The number of nitrogens with zero attached hydrogens (tertiary/aromatic N) is 3. The van der Waals surface area contributed by atoms with Crippen molar-refractivity contribution in [2.75, 3.05) is 36.5 Å². The molecule has 7 nitrogen and oxygen atoms in total. The number of carbonyl (C=O) groups excluding carboxylic acids is 1. The number of aryl methyl sites for hydroxylation is 1. The summed E-state index contributed by atoms with van der Waals surface area (Å²) in [7, 11) is 0. The molecule has 3 heterocycles. The second-order valence-corrected chi connectivity index (χ2v) is 9.92. The maximum atomic E-state index is 11.1. The van der Waals surface area contributed by atoms with E-state index in [0.29, 0.717) is 24.8 Å². The third-order valence-corrected chi connectivity index (χ3v) is 7.07. The summed E-state index contributed by atoms with van der Waals surface area (Å²) in [4.78, 5) is 23.3.